The second-order valence-electron chi connectivity index (χ2n) is 6.31. The van der Waals surface area contributed by atoms with Crippen LogP contribution < -0.4 is 5.32 Å². The Balaban J connectivity index is 1.75. The summed E-state index contributed by atoms with van der Waals surface area (Å²) in [6.07, 6.45) is -4.33. The third-order valence-corrected chi connectivity index (χ3v) is 4.18. The van der Waals surface area contributed by atoms with E-state index in [1.54, 1.807) is 13.8 Å². The highest BCUT2D eigenvalue weighted by Gasteiger charge is 2.30. The Bertz CT molecular complexity index is 993. The molecule has 1 aromatic carbocycles. The van der Waals surface area contributed by atoms with Crippen LogP contribution in [-0.2, 0) is 17.4 Å². The van der Waals surface area contributed by atoms with Gasteiger partial charge in [0, 0.05) is 23.9 Å². The fraction of sp³-hybridized carbons (Fsp3) is 0.278. The van der Waals surface area contributed by atoms with Gasteiger partial charge >= 0.3 is 6.18 Å². The molecule has 1 atom stereocenters. The van der Waals surface area contributed by atoms with Crippen molar-refractivity contribution in [3.8, 4) is 5.69 Å². The Morgan fingerprint density at radius 1 is 1.32 bits per heavy atom. The summed E-state index contributed by atoms with van der Waals surface area (Å²) in [5, 5.41) is 16.7. The quantitative estimate of drug-likeness (QED) is 0.621. The lowest BCUT2D eigenvalue weighted by Crippen LogP contribution is -2.30. The number of imidazole rings is 1. The average molecular weight is 393 g/mol. The van der Waals surface area contributed by atoms with Crippen LogP contribution >= 0.6 is 0 Å². The summed E-state index contributed by atoms with van der Waals surface area (Å²) in [5.41, 5.74) is 1.24. The van der Waals surface area contributed by atoms with Gasteiger partial charge in [-0.25, -0.2) is 9.67 Å². The molecule has 2 heterocycles. The summed E-state index contributed by atoms with van der Waals surface area (Å²) in [5.74, 6) is -0.561. The number of amides is 1. The van der Waals surface area contributed by atoms with Crippen molar-refractivity contribution in [3.05, 3.63) is 59.3 Å². The predicted molar refractivity (Wildman–Crippen MR) is 95.0 cm³/mol. The van der Waals surface area contributed by atoms with Crippen molar-refractivity contribution in [2.45, 2.75) is 32.5 Å². The SMILES string of the molecule is Cc1[nH]cnc1CC(O)C(=O)Nc1cc(C)n(-c2cccc(C(F)(F)F)c2)n1. The maximum absolute atomic E-state index is 12.9. The summed E-state index contributed by atoms with van der Waals surface area (Å²) in [6, 6.07) is 6.22. The minimum absolute atomic E-state index is 0.0223. The van der Waals surface area contributed by atoms with Gasteiger partial charge in [0.2, 0.25) is 0 Å². The number of alkyl halides is 3. The maximum Gasteiger partial charge on any atom is 0.416 e. The molecule has 0 fully saturated rings. The van der Waals surface area contributed by atoms with E-state index in [1.165, 1.54) is 29.2 Å². The molecule has 28 heavy (non-hydrogen) atoms. The van der Waals surface area contributed by atoms with E-state index in [0.29, 0.717) is 11.4 Å². The van der Waals surface area contributed by atoms with Crippen LogP contribution in [0.3, 0.4) is 0 Å². The number of H-pyrrole nitrogens is 1. The van der Waals surface area contributed by atoms with Crippen molar-refractivity contribution in [1.82, 2.24) is 19.7 Å². The van der Waals surface area contributed by atoms with Gasteiger partial charge in [-0.05, 0) is 32.0 Å². The highest BCUT2D eigenvalue weighted by Crippen LogP contribution is 2.30. The molecule has 0 spiro atoms. The van der Waals surface area contributed by atoms with E-state index in [2.05, 4.69) is 20.4 Å². The molecule has 2 aromatic heterocycles. The van der Waals surface area contributed by atoms with Gasteiger partial charge in [-0.2, -0.15) is 13.2 Å². The molecule has 0 radical (unpaired) electrons. The van der Waals surface area contributed by atoms with Crippen LogP contribution in [0.1, 0.15) is 22.6 Å². The number of hydrogen-bond donors (Lipinski definition) is 3. The molecule has 0 aliphatic carbocycles. The number of rotatable bonds is 5. The number of halogens is 3. The van der Waals surface area contributed by atoms with Crippen molar-refractivity contribution < 1.29 is 23.1 Å². The number of aliphatic hydroxyl groups is 1. The molecule has 7 nitrogen and oxygen atoms in total. The first-order valence-corrected chi connectivity index (χ1v) is 8.37. The van der Waals surface area contributed by atoms with Crippen molar-refractivity contribution in [3.63, 3.8) is 0 Å². The summed E-state index contributed by atoms with van der Waals surface area (Å²) >= 11 is 0. The fourth-order valence-corrected chi connectivity index (χ4v) is 2.69. The number of nitrogens with zero attached hydrogens (tertiary/aromatic N) is 3. The Kier molecular flexibility index (Phi) is 5.23. The van der Waals surface area contributed by atoms with Crippen LogP contribution in [0, 0.1) is 13.8 Å². The van der Waals surface area contributed by atoms with E-state index in [0.717, 1.165) is 17.8 Å². The van der Waals surface area contributed by atoms with E-state index in [1.807, 2.05) is 0 Å². The zero-order chi connectivity index (χ0) is 20.5. The summed E-state index contributed by atoms with van der Waals surface area (Å²) in [7, 11) is 0. The van der Waals surface area contributed by atoms with Crippen LogP contribution in [-0.4, -0.2) is 36.9 Å². The van der Waals surface area contributed by atoms with Gasteiger partial charge in [0.25, 0.3) is 5.91 Å². The summed E-state index contributed by atoms with van der Waals surface area (Å²) in [6.45, 7) is 3.42. The number of nitrogens with one attached hydrogen (secondary N) is 2. The molecule has 1 unspecified atom stereocenters. The number of aryl methyl sites for hydroxylation is 2. The van der Waals surface area contributed by atoms with Gasteiger partial charge in [-0.1, -0.05) is 6.07 Å². The van der Waals surface area contributed by atoms with Crippen LogP contribution in [0.5, 0.6) is 0 Å². The van der Waals surface area contributed by atoms with Crippen LogP contribution in [0.15, 0.2) is 36.7 Å². The van der Waals surface area contributed by atoms with Crippen LogP contribution in [0.25, 0.3) is 5.69 Å². The first kappa shape index (κ1) is 19.6. The summed E-state index contributed by atoms with van der Waals surface area (Å²) < 4.78 is 40.0. The smallest absolute Gasteiger partial charge is 0.383 e. The molecule has 3 aromatic rings. The molecule has 10 heteroatoms. The standard InChI is InChI=1S/C18H18F3N5O2/c1-10-6-16(24-17(28)15(27)8-14-11(2)22-9-23-14)25-26(10)13-5-3-4-12(7-13)18(19,20)21/h3-7,9,15,27H,8H2,1-2H3,(H,22,23)(H,24,25,28). The van der Waals surface area contributed by atoms with E-state index in [4.69, 9.17) is 0 Å². The number of anilines is 1. The molecule has 1 amide bonds. The van der Waals surface area contributed by atoms with Crippen molar-refractivity contribution in [1.29, 1.82) is 0 Å². The average Bonchev–Trinajstić information content (AvgIpc) is 3.19. The first-order chi connectivity index (χ1) is 13.1. The van der Waals surface area contributed by atoms with E-state index in [9.17, 15) is 23.1 Å². The monoisotopic (exact) mass is 393 g/mol. The number of aromatic nitrogens is 4. The molecule has 3 rings (SSSR count). The minimum atomic E-state index is -4.47. The Labute approximate surface area is 158 Å². The van der Waals surface area contributed by atoms with Gasteiger partial charge in [0.15, 0.2) is 5.82 Å². The first-order valence-electron chi connectivity index (χ1n) is 8.37. The molecule has 0 aliphatic heterocycles. The zero-order valence-electron chi connectivity index (χ0n) is 15.1. The molecular formula is C18H18F3N5O2. The fourth-order valence-electron chi connectivity index (χ4n) is 2.69. The Hall–Kier alpha value is -3.14. The minimum Gasteiger partial charge on any atom is -0.383 e. The van der Waals surface area contributed by atoms with E-state index >= 15 is 0 Å². The van der Waals surface area contributed by atoms with Gasteiger partial charge < -0.3 is 15.4 Å². The number of benzene rings is 1. The molecule has 0 aliphatic rings. The van der Waals surface area contributed by atoms with Gasteiger partial charge in [-0.3, -0.25) is 4.79 Å². The number of hydrogen-bond acceptors (Lipinski definition) is 4. The largest absolute Gasteiger partial charge is 0.416 e. The van der Waals surface area contributed by atoms with Crippen LogP contribution in [0.4, 0.5) is 19.0 Å². The highest BCUT2D eigenvalue weighted by molar-refractivity contribution is 5.93. The molecule has 3 N–H and O–H groups in total. The van der Waals surface area contributed by atoms with Gasteiger partial charge in [0.05, 0.1) is 23.3 Å². The number of aliphatic hydroxyl groups excluding tert-OH is 1. The third-order valence-electron chi connectivity index (χ3n) is 4.18. The van der Waals surface area contributed by atoms with Crippen LogP contribution in [0.2, 0.25) is 0 Å². The molecule has 148 valence electrons. The Morgan fingerprint density at radius 2 is 2.07 bits per heavy atom. The highest BCUT2D eigenvalue weighted by atomic mass is 19.4. The normalized spacial score (nSPS) is 12.8. The second-order valence-corrected chi connectivity index (χ2v) is 6.31. The van der Waals surface area contributed by atoms with Crippen molar-refractivity contribution >= 4 is 11.7 Å². The summed E-state index contributed by atoms with van der Waals surface area (Å²) in [4.78, 5) is 19.1. The topological polar surface area (TPSA) is 95.8 Å². The van der Waals surface area contributed by atoms with E-state index in [-0.39, 0.29) is 17.9 Å². The van der Waals surface area contributed by atoms with Gasteiger partial charge in [0.1, 0.15) is 6.10 Å². The van der Waals surface area contributed by atoms with Crippen molar-refractivity contribution in [2.75, 3.05) is 5.32 Å². The lowest BCUT2D eigenvalue weighted by atomic mass is 10.1. The molecule has 0 bridgehead atoms. The van der Waals surface area contributed by atoms with Gasteiger partial charge in [-0.15, -0.1) is 5.10 Å². The molecule has 0 saturated heterocycles. The lowest BCUT2D eigenvalue weighted by molar-refractivity contribution is -0.137. The maximum atomic E-state index is 12.9. The van der Waals surface area contributed by atoms with Crippen molar-refractivity contribution in [2.24, 2.45) is 0 Å². The van der Waals surface area contributed by atoms with E-state index < -0.39 is 23.8 Å². The Morgan fingerprint density at radius 3 is 2.71 bits per heavy atom. The second kappa shape index (κ2) is 7.47. The zero-order valence-corrected chi connectivity index (χ0v) is 15.1. The third kappa shape index (κ3) is 4.22. The number of aromatic amines is 1. The molecular weight excluding hydrogens is 375 g/mol. The molecule has 0 saturated carbocycles. The predicted octanol–water partition coefficient (Wildman–Crippen LogP) is 2.77. The number of carbonyl (C=O) groups is 1. The number of carbonyl (C=O) groups excluding carboxylic acids is 1. The lowest BCUT2D eigenvalue weighted by Gasteiger charge is -2.10.